The fourth-order valence-electron chi connectivity index (χ4n) is 6.48. The minimum atomic E-state index is 0.240. The van der Waals surface area contributed by atoms with Crippen molar-refractivity contribution in [3.8, 4) is 5.75 Å². The molecule has 3 aliphatic rings. The standard InChI is InChI=1S/C29H41N9O2/c1-36(2)9-6-25(39)37-10-4-20(5-11-37)21-12-24(40-3)23(31-16-21)18-38-26-22(17-33-38)34-28(30)35-27(26)32-15-19-13-29(14-19)7-8-29/h12,16-17,19-20H,4-11,13-15,18H2,1-3H3,(H3,30,32,34,35). The predicted octanol–water partition coefficient (Wildman–Crippen LogP) is 3.12. The lowest BCUT2D eigenvalue weighted by Gasteiger charge is -2.36. The number of hydrogen-bond acceptors (Lipinski definition) is 9. The number of nitrogen functional groups attached to an aromatic ring is 1. The molecule has 3 fully saturated rings. The molecule has 11 heteroatoms. The number of carbonyl (C=O) groups excluding carboxylic acids is 1. The quantitative estimate of drug-likeness (QED) is 0.393. The summed E-state index contributed by atoms with van der Waals surface area (Å²) in [6.45, 7) is 3.65. The van der Waals surface area contributed by atoms with E-state index < -0.39 is 0 Å². The van der Waals surface area contributed by atoms with Crippen molar-refractivity contribution in [2.45, 2.75) is 57.4 Å². The second kappa shape index (κ2) is 10.8. The van der Waals surface area contributed by atoms with Gasteiger partial charge in [-0.05, 0) is 81.5 Å². The molecule has 3 N–H and O–H groups in total. The van der Waals surface area contributed by atoms with Crippen molar-refractivity contribution in [2.75, 3.05) is 58.4 Å². The summed E-state index contributed by atoms with van der Waals surface area (Å²) < 4.78 is 7.67. The maximum atomic E-state index is 12.5. The molecule has 1 saturated heterocycles. The van der Waals surface area contributed by atoms with Gasteiger partial charge < -0.3 is 25.6 Å². The molecule has 0 aromatic carbocycles. The van der Waals surface area contributed by atoms with Crippen LogP contribution in [0.2, 0.25) is 0 Å². The number of hydrogen-bond donors (Lipinski definition) is 2. The van der Waals surface area contributed by atoms with E-state index in [1.54, 1.807) is 13.3 Å². The molecule has 1 amide bonds. The van der Waals surface area contributed by atoms with Crippen LogP contribution in [-0.2, 0) is 11.3 Å². The van der Waals surface area contributed by atoms with Gasteiger partial charge in [-0.1, -0.05) is 0 Å². The van der Waals surface area contributed by atoms with Crippen LogP contribution in [0.15, 0.2) is 18.5 Å². The first-order valence-electron chi connectivity index (χ1n) is 14.5. The summed E-state index contributed by atoms with van der Waals surface area (Å²) >= 11 is 0. The van der Waals surface area contributed by atoms with Crippen LogP contribution in [0.3, 0.4) is 0 Å². The number of nitrogens with one attached hydrogen (secondary N) is 1. The van der Waals surface area contributed by atoms with Crippen LogP contribution < -0.4 is 15.8 Å². The topological polar surface area (TPSA) is 127 Å². The summed E-state index contributed by atoms with van der Waals surface area (Å²) in [7, 11) is 5.67. The zero-order valence-electron chi connectivity index (χ0n) is 23.9. The summed E-state index contributed by atoms with van der Waals surface area (Å²) in [6, 6.07) is 2.10. The molecular formula is C29H41N9O2. The first-order chi connectivity index (χ1) is 19.3. The summed E-state index contributed by atoms with van der Waals surface area (Å²) in [5.74, 6) is 2.98. The van der Waals surface area contributed by atoms with Crippen LogP contribution in [0, 0.1) is 11.3 Å². The predicted molar refractivity (Wildman–Crippen MR) is 154 cm³/mol. The number of amides is 1. The number of aromatic nitrogens is 5. The van der Waals surface area contributed by atoms with Crippen molar-refractivity contribution in [2.24, 2.45) is 11.3 Å². The molecule has 214 valence electrons. The lowest BCUT2D eigenvalue weighted by Crippen LogP contribution is -2.39. The van der Waals surface area contributed by atoms with Crippen LogP contribution in [-0.4, -0.2) is 87.8 Å². The number of fused-ring (bicyclic) bond motifs is 1. The van der Waals surface area contributed by atoms with E-state index in [4.69, 9.17) is 15.5 Å². The molecule has 0 radical (unpaired) electrons. The van der Waals surface area contributed by atoms with Gasteiger partial charge in [0.25, 0.3) is 0 Å². The summed E-state index contributed by atoms with van der Waals surface area (Å²) in [6.07, 6.45) is 11.5. The third-order valence-electron chi connectivity index (χ3n) is 9.03. The van der Waals surface area contributed by atoms with E-state index >= 15 is 0 Å². The van der Waals surface area contributed by atoms with Gasteiger partial charge >= 0.3 is 0 Å². The Kier molecular flexibility index (Phi) is 7.24. The Bertz CT molecular complexity index is 1370. The van der Waals surface area contributed by atoms with Crippen molar-refractivity contribution in [1.82, 2.24) is 34.5 Å². The largest absolute Gasteiger partial charge is 0.495 e. The van der Waals surface area contributed by atoms with Crippen LogP contribution in [0.1, 0.15) is 62.1 Å². The third kappa shape index (κ3) is 5.56. The SMILES string of the molecule is COc1cc(C2CCN(C(=O)CCN(C)C)CC2)cnc1Cn1ncc2nc(N)nc(NCC3CC4(CC4)C3)c21. The number of carbonyl (C=O) groups is 1. The average molecular weight is 548 g/mol. The highest BCUT2D eigenvalue weighted by Crippen LogP contribution is 2.63. The number of rotatable bonds is 10. The molecule has 0 bridgehead atoms. The van der Waals surface area contributed by atoms with Gasteiger partial charge in [-0.2, -0.15) is 10.1 Å². The maximum absolute atomic E-state index is 12.5. The van der Waals surface area contributed by atoms with Crippen LogP contribution in [0.25, 0.3) is 11.0 Å². The Balaban J connectivity index is 1.13. The number of nitrogens with two attached hydrogens (primary N) is 1. The third-order valence-corrected chi connectivity index (χ3v) is 9.03. The zero-order chi connectivity index (χ0) is 27.9. The Morgan fingerprint density at radius 3 is 2.67 bits per heavy atom. The second-order valence-electron chi connectivity index (χ2n) is 12.2. The number of piperidine rings is 1. The number of ether oxygens (including phenoxy) is 1. The van der Waals surface area contributed by atoms with Crippen molar-refractivity contribution in [3.63, 3.8) is 0 Å². The first-order valence-corrected chi connectivity index (χ1v) is 14.5. The smallest absolute Gasteiger partial charge is 0.223 e. The van der Waals surface area contributed by atoms with E-state index in [0.717, 1.165) is 67.4 Å². The van der Waals surface area contributed by atoms with Crippen molar-refractivity contribution < 1.29 is 9.53 Å². The van der Waals surface area contributed by atoms with Gasteiger partial charge in [-0.15, -0.1) is 0 Å². The lowest BCUT2D eigenvalue weighted by atomic mass is 9.72. The fraction of sp³-hybridized carbons (Fsp3) is 0.621. The maximum Gasteiger partial charge on any atom is 0.223 e. The summed E-state index contributed by atoms with van der Waals surface area (Å²) in [5, 5.41) is 8.15. The van der Waals surface area contributed by atoms with E-state index in [0.29, 0.717) is 35.7 Å². The van der Waals surface area contributed by atoms with Crippen LogP contribution in [0.5, 0.6) is 5.75 Å². The molecule has 1 spiro atoms. The van der Waals surface area contributed by atoms with Crippen molar-refractivity contribution >= 4 is 28.7 Å². The number of nitrogens with zero attached hydrogens (tertiary/aromatic N) is 7. The van der Waals surface area contributed by atoms with Gasteiger partial charge in [-0.25, -0.2) is 4.98 Å². The molecule has 2 aliphatic carbocycles. The summed E-state index contributed by atoms with van der Waals surface area (Å²) in [5.41, 5.74) is 10.2. The minimum Gasteiger partial charge on any atom is -0.495 e. The highest BCUT2D eigenvalue weighted by Gasteiger charge is 2.52. The highest BCUT2D eigenvalue weighted by atomic mass is 16.5. The summed E-state index contributed by atoms with van der Waals surface area (Å²) in [4.78, 5) is 30.3. The zero-order valence-corrected chi connectivity index (χ0v) is 23.9. The fourth-order valence-corrected chi connectivity index (χ4v) is 6.48. The second-order valence-corrected chi connectivity index (χ2v) is 12.2. The number of anilines is 2. The molecule has 6 rings (SSSR count). The molecule has 2 saturated carbocycles. The van der Waals surface area contributed by atoms with Crippen LogP contribution in [0.4, 0.5) is 11.8 Å². The number of methoxy groups -OCH3 is 1. The molecule has 0 unspecified atom stereocenters. The van der Waals surface area contributed by atoms with E-state index in [9.17, 15) is 4.79 Å². The monoisotopic (exact) mass is 547 g/mol. The number of likely N-dealkylation sites (tertiary alicyclic amines) is 1. The van der Waals surface area contributed by atoms with Gasteiger partial charge in [0.2, 0.25) is 11.9 Å². The normalized spacial score (nSPS) is 18.9. The van der Waals surface area contributed by atoms with Crippen molar-refractivity contribution in [3.05, 3.63) is 29.7 Å². The molecule has 4 heterocycles. The first kappa shape index (κ1) is 26.7. The van der Waals surface area contributed by atoms with Gasteiger partial charge in [-0.3, -0.25) is 14.5 Å². The number of pyridine rings is 1. The van der Waals surface area contributed by atoms with Gasteiger partial charge in [0.05, 0.1) is 19.9 Å². The minimum absolute atomic E-state index is 0.240. The molecule has 11 nitrogen and oxygen atoms in total. The molecule has 3 aromatic heterocycles. The van der Waals surface area contributed by atoms with Gasteiger partial charge in [0.15, 0.2) is 5.82 Å². The van der Waals surface area contributed by atoms with E-state index in [1.807, 2.05) is 34.8 Å². The Morgan fingerprint density at radius 1 is 1.20 bits per heavy atom. The lowest BCUT2D eigenvalue weighted by molar-refractivity contribution is -0.132. The van der Waals surface area contributed by atoms with Gasteiger partial charge in [0, 0.05) is 38.8 Å². The average Bonchev–Trinajstić information content (AvgIpc) is 3.64. The molecular weight excluding hydrogens is 506 g/mol. The Hall–Kier alpha value is -3.47. The highest BCUT2D eigenvalue weighted by molar-refractivity contribution is 5.86. The molecule has 0 atom stereocenters. The van der Waals surface area contributed by atoms with E-state index in [-0.39, 0.29) is 11.9 Å². The Morgan fingerprint density at radius 2 is 1.98 bits per heavy atom. The van der Waals surface area contributed by atoms with E-state index in [2.05, 4.69) is 26.4 Å². The van der Waals surface area contributed by atoms with Crippen LogP contribution >= 0.6 is 0 Å². The molecule has 3 aromatic rings. The Labute approximate surface area is 235 Å². The molecule has 40 heavy (non-hydrogen) atoms. The molecule has 1 aliphatic heterocycles. The van der Waals surface area contributed by atoms with Gasteiger partial charge in [0.1, 0.15) is 22.5 Å². The van der Waals surface area contributed by atoms with E-state index in [1.165, 1.54) is 25.7 Å². The van der Waals surface area contributed by atoms with Crippen molar-refractivity contribution in [1.29, 1.82) is 0 Å².